The van der Waals surface area contributed by atoms with Gasteiger partial charge in [0.15, 0.2) is 11.0 Å². The molecule has 2 N–H and O–H groups in total. The molecule has 3 aromatic rings. The van der Waals surface area contributed by atoms with Gasteiger partial charge in [-0.25, -0.2) is 0 Å². The van der Waals surface area contributed by atoms with Gasteiger partial charge in [-0.3, -0.25) is 9.36 Å². The van der Waals surface area contributed by atoms with Gasteiger partial charge in [-0.2, -0.15) is 5.26 Å². The monoisotopic (exact) mass is 391 g/mol. The molecule has 7 nitrogen and oxygen atoms in total. The lowest BCUT2D eigenvalue weighted by Crippen LogP contribution is -2.15. The van der Waals surface area contributed by atoms with E-state index < -0.39 is 0 Å². The van der Waals surface area contributed by atoms with Crippen molar-refractivity contribution in [1.82, 2.24) is 14.8 Å². The average molecular weight is 391 g/mol. The number of thioether (sulfide) groups is 1. The van der Waals surface area contributed by atoms with Gasteiger partial charge in [0, 0.05) is 6.54 Å². The molecule has 1 heterocycles. The van der Waals surface area contributed by atoms with Crippen LogP contribution in [0.1, 0.15) is 5.56 Å². The molecule has 2 aromatic carbocycles. The van der Waals surface area contributed by atoms with E-state index in [1.54, 1.807) is 59.2 Å². The number of phenolic OH excluding ortho intramolecular Hbond substituents is 1. The van der Waals surface area contributed by atoms with Crippen LogP contribution in [0.5, 0.6) is 5.75 Å². The van der Waals surface area contributed by atoms with Gasteiger partial charge in [-0.15, -0.1) is 16.8 Å². The molecule has 0 aliphatic heterocycles. The summed E-state index contributed by atoms with van der Waals surface area (Å²) in [6.07, 6.45) is 1.69. The van der Waals surface area contributed by atoms with E-state index in [1.165, 1.54) is 11.8 Å². The highest BCUT2D eigenvalue weighted by Crippen LogP contribution is 2.30. The van der Waals surface area contributed by atoms with Gasteiger partial charge >= 0.3 is 0 Å². The molecule has 0 fully saturated rings. The smallest absolute Gasteiger partial charge is 0.234 e. The van der Waals surface area contributed by atoms with Crippen molar-refractivity contribution in [3.63, 3.8) is 0 Å². The number of rotatable bonds is 7. The number of aromatic hydroxyl groups is 1. The predicted octanol–water partition coefficient (Wildman–Crippen LogP) is 3.44. The predicted molar refractivity (Wildman–Crippen MR) is 108 cm³/mol. The third kappa shape index (κ3) is 4.22. The Labute approximate surface area is 166 Å². The van der Waals surface area contributed by atoms with Crippen molar-refractivity contribution in [3.05, 3.63) is 66.7 Å². The van der Waals surface area contributed by atoms with Crippen molar-refractivity contribution in [3.8, 4) is 23.2 Å². The first-order chi connectivity index (χ1) is 13.6. The number of hydrogen-bond acceptors (Lipinski definition) is 6. The molecule has 28 heavy (non-hydrogen) atoms. The summed E-state index contributed by atoms with van der Waals surface area (Å²) in [5.41, 5.74) is 1.42. The summed E-state index contributed by atoms with van der Waals surface area (Å²) in [7, 11) is 0. The molecule has 8 heteroatoms. The number of nitriles is 1. The van der Waals surface area contributed by atoms with Gasteiger partial charge in [0.2, 0.25) is 5.91 Å². The molecule has 1 amide bonds. The van der Waals surface area contributed by atoms with Gasteiger partial charge in [0.25, 0.3) is 0 Å². The Hall–Kier alpha value is -3.57. The minimum Gasteiger partial charge on any atom is -0.507 e. The van der Waals surface area contributed by atoms with Crippen molar-refractivity contribution in [2.45, 2.75) is 11.7 Å². The van der Waals surface area contributed by atoms with E-state index in [-0.39, 0.29) is 17.4 Å². The number of carbonyl (C=O) groups excluding carboxylic acids is 1. The summed E-state index contributed by atoms with van der Waals surface area (Å²) < 4.78 is 1.78. The van der Waals surface area contributed by atoms with Crippen LogP contribution >= 0.6 is 11.8 Å². The van der Waals surface area contributed by atoms with Crippen LogP contribution in [0.4, 0.5) is 5.69 Å². The lowest BCUT2D eigenvalue weighted by molar-refractivity contribution is -0.113. The molecule has 0 aliphatic rings. The maximum Gasteiger partial charge on any atom is 0.234 e. The standard InChI is InChI=1S/C20H17N5O2S/c1-2-11-25-19(15-8-4-6-10-17(15)26)23-24-20(25)28-13-18(27)22-16-9-5-3-7-14(16)12-21/h2-10,26H,1,11,13H2,(H,22,27). The molecule has 0 atom stereocenters. The number of aromatic nitrogens is 3. The topological polar surface area (TPSA) is 104 Å². The van der Waals surface area contributed by atoms with E-state index in [9.17, 15) is 9.90 Å². The van der Waals surface area contributed by atoms with Crippen LogP contribution < -0.4 is 5.32 Å². The lowest BCUT2D eigenvalue weighted by atomic mass is 10.2. The Morgan fingerprint density at radius 2 is 2.00 bits per heavy atom. The number of benzene rings is 2. The number of anilines is 1. The molecule has 0 unspecified atom stereocenters. The average Bonchev–Trinajstić information content (AvgIpc) is 3.10. The molecule has 1 aromatic heterocycles. The van der Waals surface area contributed by atoms with E-state index >= 15 is 0 Å². The highest BCUT2D eigenvalue weighted by atomic mass is 32.2. The second-order valence-corrected chi connectivity index (χ2v) is 6.66. The molecule has 3 rings (SSSR count). The van der Waals surface area contributed by atoms with Gasteiger partial charge in [0.05, 0.1) is 22.6 Å². The van der Waals surface area contributed by atoms with Gasteiger partial charge in [-0.1, -0.05) is 42.1 Å². The molecule has 140 valence electrons. The van der Waals surface area contributed by atoms with Crippen LogP contribution in [0.3, 0.4) is 0 Å². The SMILES string of the molecule is C=CCn1c(SCC(=O)Nc2ccccc2C#N)nnc1-c1ccccc1O. The van der Waals surface area contributed by atoms with E-state index in [0.29, 0.717) is 34.3 Å². The van der Waals surface area contributed by atoms with Crippen LogP contribution in [0.2, 0.25) is 0 Å². The molecule has 0 radical (unpaired) electrons. The number of hydrogen-bond donors (Lipinski definition) is 2. The maximum atomic E-state index is 12.3. The quantitative estimate of drug-likeness (QED) is 0.472. The summed E-state index contributed by atoms with van der Waals surface area (Å²) in [6, 6.07) is 15.7. The highest BCUT2D eigenvalue weighted by molar-refractivity contribution is 7.99. The van der Waals surface area contributed by atoms with Crippen LogP contribution in [0, 0.1) is 11.3 Å². The highest BCUT2D eigenvalue weighted by Gasteiger charge is 2.17. The Morgan fingerprint density at radius 3 is 2.75 bits per heavy atom. The maximum absolute atomic E-state index is 12.3. The second-order valence-electron chi connectivity index (χ2n) is 5.72. The zero-order chi connectivity index (χ0) is 19.9. The fraction of sp³-hybridized carbons (Fsp3) is 0.100. The van der Waals surface area contributed by atoms with Gasteiger partial charge < -0.3 is 10.4 Å². The Balaban J connectivity index is 1.76. The third-order valence-corrected chi connectivity index (χ3v) is 4.79. The van der Waals surface area contributed by atoms with E-state index in [4.69, 9.17) is 5.26 Å². The fourth-order valence-corrected chi connectivity index (χ4v) is 3.30. The zero-order valence-corrected chi connectivity index (χ0v) is 15.7. The lowest BCUT2D eigenvalue weighted by Gasteiger charge is -2.09. The second kappa shape index (κ2) is 8.88. The van der Waals surface area contributed by atoms with Crippen molar-refractivity contribution in [2.24, 2.45) is 0 Å². The van der Waals surface area contributed by atoms with Crippen molar-refractivity contribution >= 4 is 23.4 Å². The molecular formula is C20H17N5O2S. The first-order valence-corrected chi connectivity index (χ1v) is 9.37. The molecule has 0 spiro atoms. The van der Waals surface area contributed by atoms with Crippen molar-refractivity contribution < 1.29 is 9.90 Å². The number of amides is 1. The minimum atomic E-state index is -0.259. The summed E-state index contributed by atoms with van der Waals surface area (Å²) >= 11 is 1.21. The van der Waals surface area contributed by atoms with Crippen LogP contribution in [0.25, 0.3) is 11.4 Å². The van der Waals surface area contributed by atoms with E-state index in [1.807, 2.05) is 6.07 Å². The van der Waals surface area contributed by atoms with Crippen LogP contribution in [0.15, 0.2) is 66.3 Å². The largest absolute Gasteiger partial charge is 0.507 e. The number of carbonyl (C=O) groups is 1. The number of allylic oxidation sites excluding steroid dienone is 1. The van der Waals surface area contributed by atoms with Crippen LogP contribution in [-0.2, 0) is 11.3 Å². The Morgan fingerprint density at radius 1 is 1.25 bits per heavy atom. The first kappa shape index (κ1) is 19.2. The molecule has 0 saturated carbocycles. The van der Waals surface area contributed by atoms with Gasteiger partial charge in [-0.05, 0) is 24.3 Å². The molecule has 0 saturated heterocycles. The summed E-state index contributed by atoms with van der Waals surface area (Å²) in [4.78, 5) is 12.3. The molecule has 0 bridgehead atoms. The fourth-order valence-electron chi connectivity index (χ4n) is 2.56. The molecule has 0 aliphatic carbocycles. The normalized spacial score (nSPS) is 10.2. The van der Waals surface area contributed by atoms with Gasteiger partial charge in [0.1, 0.15) is 11.8 Å². The van der Waals surface area contributed by atoms with E-state index in [2.05, 4.69) is 22.1 Å². The first-order valence-electron chi connectivity index (χ1n) is 8.38. The Bertz CT molecular complexity index is 1050. The van der Waals surface area contributed by atoms with Crippen molar-refractivity contribution in [1.29, 1.82) is 5.26 Å². The van der Waals surface area contributed by atoms with E-state index in [0.717, 1.165) is 0 Å². The summed E-state index contributed by atoms with van der Waals surface area (Å²) in [5.74, 6) is 0.429. The number of nitrogens with zero attached hydrogens (tertiary/aromatic N) is 4. The van der Waals surface area contributed by atoms with Crippen molar-refractivity contribution in [2.75, 3.05) is 11.1 Å². The number of phenols is 1. The summed E-state index contributed by atoms with van der Waals surface area (Å²) in [6.45, 7) is 4.17. The third-order valence-electron chi connectivity index (χ3n) is 3.83. The van der Waals surface area contributed by atoms with Crippen LogP contribution in [-0.4, -0.2) is 31.5 Å². The zero-order valence-electron chi connectivity index (χ0n) is 14.9. The Kier molecular flexibility index (Phi) is 6.09. The minimum absolute atomic E-state index is 0.0931. The number of nitrogens with one attached hydrogen (secondary N) is 1. The molecular weight excluding hydrogens is 374 g/mol. The number of para-hydroxylation sites is 2. The summed E-state index contributed by atoms with van der Waals surface area (Å²) in [5, 5.41) is 30.8.